The fourth-order valence-electron chi connectivity index (χ4n) is 0.649. The van der Waals surface area contributed by atoms with Crippen molar-refractivity contribution < 1.29 is 4.55 Å². The number of rotatable bonds is 2. The highest BCUT2D eigenvalue weighted by molar-refractivity contribution is 7.92. The van der Waals surface area contributed by atoms with Crippen LogP contribution in [0, 0.1) is 0 Å². The van der Waals surface area contributed by atoms with Gasteiger partial charge in [-0.3, -0.25) is 0 Å². The van der Waals surface area contributed by atoms with Crippen LogP contribution in [0.5, 0.6) is 0 Å². The molecule has 0 bridgehead atoms. The lowest BCUT2D eigenvalue weighted by Gasteiger charge is -1.92. The molecular formula is C7H8OS. The minimum absolute atomic E-state index is 0.681. The summed E-state index contributed by atoms with van der Waals surface area (Å²) in [5.74, 6) is 0.681. The zero-order chi connectivity index (χ0) is 6.53. The molecular weight excluding hydrogens is 132 g/mol. The van der Waals surface area contributed by atoms with Crippen molar-refractivity contribution in [1.82, 2.24) is 0 Å². The molecule has 0 fully saturated rings. The minimum Gasteiger partial charge on any atom is -0.330 e. The zero-order valence-corrected chi connectivity index (χ0v) is 5.77. The molecule has 0 radical (unpaired) electrons. The van der Waals surface area contributed by atoms with Crippen molar-refractivity contribution in [3.05, 3.63) is 35.9 Å². The van der Waals surface area contributed by atoms with E-state index in [1.54, 1.807) is 0 Å². The first-order chi connectivity index (χ1) is 4.43. The molecule has 0 saturated heterocycles. The van der Waals surface area contributed by atoms with Crippen molar-refractivity contribution in [2.24, 2.45) is 0 Å². The van der Waals surface area contributed by atoms with E-state index in [0.29, 0.717) is 5.75 Å². The van der Waals surface area contributed by atoms with Gasteiger partial charge in [-0.05, 0) is 17.6 Å². The number of benzene rings is 1. The Morgan fingerprint density at radius 2 is 1.89 bits per heavy atom. The van der Waals surface area contributed by atoms with Crippen LogP contribution in [0.15, 0.2) is 30.3 Å². The summed E-state index contributed by atoms with van der Waals surface area (Å²) in [6, 6.07) is 9.87. The van der Waals surface area contributed by atoms with Gasteiger partial charge in [-0.25, -0.2) is 0 Å². The highest BCUT2D eigenvalue weighted by Crippen LogP contribution is 2.06. The summed E-state index contributed by atoms with van der Waals surface area (Å²) in [4.78, 5) is 0. The standard InChI is InChI=1S/C7H8OS/c8-9-6-7-4-2-1-3-5-7/h1-5,8H,6H2. The normalized spacial score (nSPS) is 9.44. The molecule has 0 amide bonds. The number of hydrogen-bond donors (Lipinski definition) is 1. The summed E-state index contributed by atoms with van der Waals surface area (Å²) in [5, 5.41) is 0. The van der Waals surface area contributed by atoms with Gasteiger partial charge < -0.3 is 4.55 Å². The molecule has 1 nitrogen and oxygen atoms in total. The van der Waals surface area contributed by atoms with Crippen LogP contribution in [0.25, 0.3) is 0 Å². The van der Waals surface area contributed by atoms with E-state index in [1.807, 2.05) is 30.3 Å². The first-order valence-corrected chi connectivity index (χ1v) is 3.68. The van der Waals surface area contributed by atoms with Crippen molar-refractivity contribution in [3.63, 3.8) is 0 Å². The molecule has 0 atom stereocenters. The predicted octanol–water partition coefficient (Wildman–Crippen LogP) is 2.39. The summed E-state index contributed by atoms with van der Waals surface area (Å²) < 4.78 is 8.44. The third-order valence-corrected chi connectivity index (χ3v) is 1.54. The lowest BCUT2D eigenvalue weighted by atomic mass is 10.2. The SMILES string of the molecule is OSCc1ccccc1. The van der Waals surface area contributed by atoms with Crippen molar-refractivity contribution in [3.8, 4) is 0 Å². The van der Waals surface area contributed by atoms with Crippen LogP contribution in [-0.2, 0) is 5.75 Å². The van der Waals surface area contributed by atoms with Gasteiger partial charge >= 0.3 is 0 Å². The average Bonchev–Trinajstić information content (AvgIpc) is 1.91. The van der Waals surface area contributed by atoms with Crippen molar-refractivity contribution in [2.45, 2.75) is 5.75 Å². The van der Waals surface area contributed by atoms with Gasteiger partial charge in [-0.1, -0.05) is 30.3 Å². The van der Waals surface area contributed by atoms with Crippen molar-refractivity contribution >= 4 is 12.0 Å². The molecule has 0 aromatic heterocycles. The molecule has 0 unspecified atom stereocenters. The topological polar surface area (TPSA) is 20.2 Å². The van der Waals surface area contributed by atoms with Gasteiger partial charge in [0.1, 0.15) is 0 Å². The second-order valence-corrected chi connectivity index (χ2v) is 2.31. The molecule has 0 aliphatic rings. The largest absolute Gasteiger partial charge is 0.330 e. The summed E-state index contributed by atoms with van der Waals surface area (Å²) in [6.45, 7) is 0. The van der Waals surface area contributed by atoms with Crippen LogP contribution in [0.1, 0.15) is 5.56 Å². The monoisotopic (exact) mass is 140 g/mol. The van der Waals surface area contributed by atoms with E-state index >= 15 is 0 Å². The van der Waals surface area contributed by atoms with Crippen LogP contribution < -0.4 is 0 Å². The van der Waals surface area contributed by atoms with Crippen LogP contribution in [-0.4, -0.2) is 4.55 Å². The number of hydrogen-bond acceptors (Lipinski definition) is 2. The Kier molecular flexibility index (Phi) is 2.61. The lowest BCUT2D eigenvalue weighted by molar-refractivity contribution is 0.663. The van der Waals surface area contributed by atoms with E-state index in [-0.39, 0.29) is 0 Å². The van der Waals surface area contributed by atoms with Crippen LogP contribution in [0.4, 0.5) is 0 Å². The highest BCUT2D eigenvalue weighted by atomic mass is 32.2. The van der Waals surface area contributed by atoms with Gasteiger partial charge in [0.15, 0.2) is 0 Å². The Hall–Kier alpha value is -0.470. The van der Waals surface area contributed by atoms with Crippen molar-refractivity contribution in [2.75, 3.05) is 0 Å². The van der Waals surface area contributed by atoms with Crippen molar-refractivity contribution in [1.29, 1.82) is 0 Å². The van der Waals surface area contributed by atoms with E-state index in [9.17, 15) is 0 Å². The third kappa shape index (κ3) is 2.08. The maximum Gasteiger partial charge on any atom is 0.0446 e. The minimum atomic E-state index is 0.681. The van der Waals surface area contributed by atoms with Gasteiger partial charge in [-0.15, -0.1) is 0 Å². The van der Waals surface area contributed by atoms with E-state index in [0.717, 1.165) is 17.6 Å². The molecule has 0 heterocycles. The van der Waals surface area contributed by atoms with Gasteiger partial charge in [0.05, 0.1) is 0 Å². The van der Waals surface area contributed by atoms with Gasteiger partial charge in [0.25, 0.3) is 0 Å². The predicted molar refractivity (Wildman–Crippen MR) is 40.4 cm³/mol. The highest BCUT2D eigenvalue weighted by Gasteiger charge is 1.86. The molecule has 48 valence electrons. The first-order valence-electron chi connectivity index (χ1n) is 2.74. The van der Waals surface area contributed by atoms with Gasteiger partial charge in [-0.2, -0.15) is 0 Å². The van der Waals surface area contributed by atoms with Crippen LogP contribution >= 0.6 is 12.0 Å². The Bertz CT molecular complexity index is 162. The molecule has 1 rings (SSSR count). The smallest absolute Gasteiger partial charge is 0.0446 e. The maximum atomic E-state index is 8.44. The lowest BCUT2D eigenvalue weighted by Crippen LogP contribution is -1.75. The van der Waals surface area contributed by atoms with Gasteiger partial charge in [0, 0.05) is 5.75 Å². The Morgan fingerprint density at radius 3 is 2.44 bits per heavy atom. The zero-order valence-electron chi connectivity index (χ0n) is 4.95. The average molecular weight is 140 g/mol. The quantitative estimate of drug-likeness (QED) is 0.636. The van der Waals surface area contributed by atoms with Crippen LogP contribution in [0.3, 0.4) is 0 Å². The van der Waals surface area contributed by atoms with E-state index in [1.165, 1.54) is 0 Å². The molecule has 9 heavy (non-hydrogen) atoms. The molecule has 0 aliphatic heterocycles. The summed E-state index contributed by atoms with van der Waals surface area (Å²) >= 11 is 0.855. The molecule has 1 aromatic rings. The van der Waals surface area contributed by atoms with E-state index in [2.05, 4.69) is 0 Å². The second kappa shape index (κ2) is 3.54. The summed E-state index contributed by atoms with van der Waals surface area (Å²) in [7, 11) is 0. The third-order valence-electron chi connectivity index (χ3n) is 1.07. The Labute approximate surface area is 58.9 Å². The maximum absolute atomic E-state index is 8.44. The van der Waals surface area contributed by atoms with Gasteiger partial charge in [0.2, 0.25) is 0 Å². The Morgan fingerprint density at radius 1 is 1.22 bits per heavy atom. The molecule has 0 spiro atoms. The first kappa shape index (κ1) is 6.65. The molecule has 1 aromatic carbocycles. The summed E-state index contributed by atoms with van der Waals surface area (Å²) in [5.41, 5.74) is 1.16. The summed E-state index contributed by atoms with van der Waals surface area (Å²) in [6.07, 6.45) is 0. The molecule has 1 N–H and O–H groups in total. The molecule has 2 heteroatoms. The second-order valence-electron chi connectivity index (χ2n) is 1.76. The Balaban J connectivity index is 2.61. The molecule has 0 saturated carbocycles. The fraction of sp³-hybridized carbons (Fsp3) is 0.143. The fourth-order valence-corrected chi connectivity index (χ4v) is 0.990. The van der Waals surface area contributed by atoms with Crippen LogP contribution in [0.2, 0.25) is 0 Å². The van der Waals surface area contributed by atoms with E-state index < -0.39 is 0 Å². The van der Waals surface area contributed by atoms with E-state index in [4.69, 9.17) is 4.55 Å². The molecule has 0 aliphatic carbocycles.